The molecule has 1 aromatic heterocycles. The van der Waals surface area contributed by atoms with Crippen LogP contribution in [-0.4, -0.2) is 21.0 Å². The van der Waals surface area contributed by atoms with Gasteiger partial charge in [0.15, 0.2) is 5.82 Å². The van der Waals surface area contributed by atoms with E-state index < -0.39 is 0 Å². The molecule has 3 aromatic rings. The van der Waals surface area contributed by atoms with Crippen molar-refractivity contribution < 1.29 is 9.90 Å². The minimum absolute atomic E-state index is 0.0459. The Hall–Kier alpha value is -2.32. The van der Waals surface area contributed by atoms with Crippen molar-refractivity contribution >= 4 is 34.3 Å². The Bertz CT molecular complexity index is 1170. The van der Waals surface area contributed by atoms with Gasteiger partial charge in [0.2, 0.25) is 5.91 Å². The summed E-state index contributed by atoms with van der Waals surface area (Å²) in [7, 11) is 0. The minimum Gasteiger partial charge on any atom is -0.392 e. The Kier molecular flexibility index (Phi) is 6.74. The summed E-state index contributed by atoms with van der Waals surface area (Å²) in [5.74, 6) is 1.18. The molecule has 0 unspecified atom stereocenters. The number of halogens is 1. The quantitative estimate of drug-likeness (QED) is 0.409. The molecule has 33 heavy (non-hydrogen) atoms. The molecule has 5 nitrogen and oxygen atoms in total. The van der Waals surface area contributed by atoms with E-state index in [0.29, 0.717) is 18.2 Å². The van der Waals surface area contributed by atoms with Crippen LogP contribution in [0.2, 0.25) is 0 Å². The lowest BCUT2D eigenvalue weighted by atomic mass is 9.90. The summed E-state index contributed by atoms with van der Waals surface area (Å²) in [5, 5.41) is 12.6. The third-order valence-corrected chi connectivity index (χ3v) is 7.49. The number of hydrogen-bond donors (Lipinski definition) is 2. The van der Waals surface area contributed by atoms with Gasteiger partial charge < -0.3 is 10.4 Å². The zero-order valence-corrected chi connectivity index (χ0v) is 20.8. The average molecular weight is 553 g/mol. The van der Waals surface area contributed by atoms with Crippen molar-refractivity contribution in [2.45, 2.75) is 58.0 Å². The van der Waals surface area contributed by atoms with Crippen LogP contribution in [0.15, 0.2) is 42.5 Å². The molecule has 170 valence electrons. The SMILES string of the molecule is O=C(Cc1ccc(I)cc1)Nc1nc2c(nc1CC1CCCC1)-c1ccc(CO)cc1CC2. The Morgan fingerprint density at radius 1 is 1.03 bits per heavy atom. The van der Waals surface area contributed by atoms with Crippen molar-refractivity contribution in [1.29, 1.82) is 0 Å². The highest BCUT2D eigenvalue weighted by Crippen LogP contribution is 2.35. The molecule has 0 aliphatic heterocycles. The number of amides is 1. The van der Waals surface area contributed by atoms with Crippen LogP contribution in [0.1, 0.15) is 53.8 Å². The molecule has 6 heteroatoms. The van der Waals surface area contributed by atoms with Crippen molar-refractivity contribution in [1.82, 2.24) is 9.97 Å². The highest BCUT2D eigenvalue weighted by atomic mass is 127. The molecule has 1 saturated carbocycles. The lowest BCUT2D eigenvalue weighted by Gasteiger charge is -2.22. The summed E-state index contributed by atoms with van der Waals surface area (Å²) >= 11 is 2.27. The maximum absolute atomic E-state index is 12.9. The van der Waals surface area contributed by atoms with Gasteiger partial charge in [-0.2, -0.15) is 0 Å². The van der Waals surface area contributed by atoms with Crippen molar-refractivity contribution in [2.75, 3.05) is 5.32 Å². The molecule has 2 aliphatic rings. The zero-order valence-electron chi connectivity index (χ0n) is 18.6. The second-order valence-corrected chi connectivity index (χ2v) is 10.4. The molecular weight excluding hydrogens is 525 g/mol. The number of hydrogen-bond acceptors (Lipinski definition) is 4. The lowest BCUT2D eigenvalue weighted by molar-refractivity contribution is -0.115. The zero-order chi connectivity index (χ0) is 22.8. The largest absolute Gasteiger partial charge is 0.392 e. The third kappa shape index (κ3) is 5.11. The van der Waals surface area contributed by atoms with Crippen LogP contribution < -0.4 is 5.32 Å². The molecule has 1 amide bonds. The molecule has 0 atom stereocenters. The number of benzene rings is 2. The molecule has 2 aromatic carbocycles. The number of aliphatic hydroxyl groups is 1. The molecule has 5 rings (SSSR count). The topological polar surface area (TPSA) is 75.1 Å². The number of rotatable bonds is 6. The normalized spacial score (nSPS) is 15.2. The lowest BCUT2D eigenvalue weighted by Crippen LogP contribution is -2.20. The summed E-state index contributed by atoms with van der Waals surface area (Å²) in [4.78, 5) is 22.9. The number of anilines is 1. The summed E-state index contributed by atoms with van der Waals surface area (Å²) in [5.41, 5.74) is 7.01. The monoisotopic (exact) mass is 553 g/mol. The highest BCUT2D eigenvalue weighted by Gasteiger charge is 2.25. The van der Waals surface area contributed by atoms with E-state index in [1.54, 1.807) is 0 Å². The molecule has 2 N–H and O–H groups in total. The van der Waals surface area contributed by atoms with Gasteiger partial charge in [-0.25, -0.2) is 9.97 Å². The first-order valence-electron chi connectivity index (χ1n) is 11.8. The van der Waals surface area contributed by atoms with Crippen LogP contribution in [0, 0.1) is 9.49 Å². The summed E-state index contributed by atoms with van der Waals surface area (Å²) in [6, 6.07) is 14.1. The fraction of sp³-hybridized carbons (Fsp3) is 0.370. The van der Waals surface area contributed by atoms with Crippen LogP contribution in [-0.2, 0) is 37.1 Å². The van der Waals surface area contributed by atoms with Crippen LogP contribution in [0.5, 0.6) is 0 Å². The minimum atomic E-state index is -0.0538. The second kappa shape index (κ2) is 9.89. The van der Waals surface area contributed by atoms with E-state index in [1.165, 1.54) is 31.2 Å². The van der Waals surface area contributed by atoms with Gasteiger partial charge in [-0.15, -0.1) is 0 Å². The van der Waals surface area contributed by atoms with Gasteiger partial charge in [0.05, 0.1) is 30.1 Å². The number of aliphatic hydroxyl groups excluding tert-OH is 1. The first-order chi connectivity index (χ1) is 16.1. The Labute approximate surface area is 208 Å². The molecule has 0 radical (unpaired) electrons. The fourth-order valence-electron chi connectivity index (χ4n) is 5.03. The smallest absolute Gasteiger partial charge is 0.229 e. The van der Waals surface area contributed by atoms with Gasteiger partial charge in [0.1, 0.15) is 0 Å². The standard InChI is InChI=1S/C27H28IN3O2/c28-21-9-5-18(6-10-21)15-25(33)31-27-24(14-17-3-1-2-4-17)29-26-22-11-7-19(16-32)13-20(22)8-12-23(26)30-27/h5-7,9-11,13,17,32H,1-4,8,12,14-16H2,(H,30,31,33). The highest BCUT2D eigenvalue weighted by molar-refractivity contribution is 14.1. The first-order valence-corrected chi connectivity index (χ1v) is 12.8. The number of nitrogens with zero attached hydrogens (tertiary/aromatic N) is 2. The Balaban J connectivity index is 1.46. The number of fused-ring (bicyclic) bond motifs is 3. The van der Waals surface area contributed by atoms with Gasteiger partial charge in [-0.1, -0.05) is 56.0 Å². The maximum Gasteiger partial charge on any atom is 0.229 e. The molecule has 0 saturated heterocycles. The predicted octanol–water partition coefficient (Wildman–Crippen LogP) is 5.25. The first kappa shape index (κ1) is 22.5. The van der Waals surface area contributed by atoms with E-state index >= 15 is 0 Å². The van der Waals surface area contributed by atoms with Gasteiger partial charge in [-0.3, -0.25) is 4.79 Å². The molecule has 1 fully saturated rings. The molecular formula is C27H28IN3O2. The van der Waals surface area contributed by atoms with E-state index in [4.69, 9.17) is 9.97 Å². The van der Waals surface area contributed by atoms with E-state index in [1.807, 2.05) is 30.3 Å². The molecule has 0 spiro atoms. The van der Waals surface area contributed by atoms with E-state index in [9.17, 15) is 9.90 Å². The summed E-state index contributed by atoms with van der Waals surface area (Å²) < 4.78 is 1.16. The van der Waals surface area contributed by atoms with E-state index in [-0.39, 0.29) is 12.5 Å². The molecule has 2 aliphatic carbocycles. The number of aromatic nitrogens is 2. The second-order valence-electron chi connectivity index (χ2n) is 9.17. The Morgan fingerprint density at radius 3 is 2.55 bits per heavy atom. The predicted molar refractivity (Wildman–Crippen MR) is 138 cm³/mol. The Morgan fingerprint density at radius 2 is 1.79 bits per heavy atom. The average Bonchev–Trinajstić information content (AvgIpc) is 3.33. The van der Waals surface area contributed by atoms with E-state index in [0.717, 1.165) is 56.6 Å². The van der Waals surface area contributed by atoms with E-state index in [2.05, 4.69) is 40.0 Å². The van der Waals surface area contributed by atoms with Crippen LogP contribution >= 0.6 is 22.6 Å². The van der Waals surface area contributed by atoms with Crippen LogP contribution in [0.3, 0.4) is 0 Å². The van der Waals surface area contributed by atoms with Crippen molar-refractivity contribution in [3.63, 3.8) is 0 Å². The van der Waals surface area contributed by atoms with Gasteiger partial charge >= 0.3 is 0 Å². The van der Waals surface area contributed by atoms with Crippen LogP contribution in [0.4, 0.5) is 5.82 Å². The van der Waals surface area contributed by atoms with Gasteiger partial charge in [0, 0.05) is 9.13 Å². The number of aryl methyl sites for hydroxylation is 2. The molecule has 0 bridgehead atoms. The maximum atomic E-state index is 12.9. The van der Waals surface area contributed by atoms with Crippen LogP contribution in [0.25, 0.3) is 11.3 Å². The van der Waals surface area contributed by atoms with Crippen molar-refractivity contribution in [2.24, 2.45) is 5.92 Å². The third-order valence-electron chi connectivity index (χ3n) is 6.77. The van der Waals surface area contributed by atoms with Crippen molar-refractivity contribution in [3.05, 3.63) is 74.1 Å². The summed E-state index contributed by atoms with van der Waals surface area (Å²) in [6.45, 7) is 0.0459. The number of carbonyl (C=O) groups is 1. The number of carbonyl (C=O) groups excluding carboxylic acids is 1. The van der Waals surface area contributed by atoms with Gasteiger partial charge in [0.25, 0.3) is 0 Å². The summed E-state index contributed by atoms with van der Waals surface area (Å²) in [6.07, 6.45) is 7.79. The van der Waals surface area contributed by atoms with Gasteiger partial charge in [-0.05, 0) is 76.6 Å². The number of nitrogens with one attached hydrogen (secondary N) is 1. The van der Waals surface area contributed by atoms with Crippen molar-refractivity contribution in [3.8, 4) is 11.3 Å². The fourth-order valence-corrected chi connectivity index (χ4v) is 5.39. The molecule has 1 heterocycles.